The van der Waals surface area contributed by atoms with E-state index in [1.54, 1.807) is 6.92 Å². The zero-order chi connectivity index (χ0) is 13.7. The van der Waals surface area contributed by atoms with E-state index in [4.69, 9.17) is 10.3 Å². The smallest absolute Gasteiger partial charge is 0.228 e. The third kappa shape index (κ3) is 4.31. The minimum Gasteiger partial charge on any atom is -0.356 e. The van der Waals surface area contributed by atoms with Gasteiger partial charge in [0.25, 0.3) is 0 Å². The molecule has 6 nitrogen and oxygen atoms in total. The van der Waals surface area contributed by atoms with Gasteiger partial charge in [-0.05, 0) is 19.8 Å². The molecule has 1 amide bonds. The number of aryl methyl sites for hydroxylation is 1. The summed E-state index contributed by atoms with van der Waals surface area (Å²) in [6.07, 6.45) is 6.36. The summed E-state index contributed by atoms with van der Waals surface area (Å²) in [5.74, 6) is 1.18. The molecule has 3 N–H and O–H groups in total. The number of carbonyl (C=O) groups is 1. The Morgan fingerprint density at radius 3 is 2.79 bits per heavy atom. The van der Waals surface area contributed by atoms with Gasteiger partial charge >= 0.3 is 0 Å². The summed E-state index contributed by atoms with van der Waals surface area (Å²) in [5, 5.41) is 6.57. The monoisotopic (exact) mass is 266 g/mol. The Balaban J connectivity index is 1.69. The van der Waals surface area contributed by atoms with Crippen molar-refractivity contribution < 1.29 is 9.32 Å². The molecule has 0 atom stereocenters. The Labute approximate surface area is 113 Å². The molecule has 1 fully saturated rings. The standard InChI is InChI=1S/C13H22N4O2/c1-10-16-12(19-17-10)5-8-15-11(18)9-13(14)6-3-2-4-7-13/h2-9,14H2,1H3,(H,15,18). The zero-order valence-corrected chi connectivity index (χ0v) is 11.4. The Kier molecular flexibility index (Phi) is 4.52. The normalized spacial score (nSPS) is 18.2. The number of nitrogens with zero attached hydrogens (tertiary/aromatic N) is 2. The molecule has 0 radical (unpaired) electrons. The van der Waals surface area contributed by atoms with Crippen LogP contribution < -0.4 is 11.1 Å². The molecule has 0 unspecified atom stereocenters. The number of amides is 1. The lowest BCUT2D eigenvalue weighted by atomic mass is 9.80. The molecule has 1 aromatic heterocycles. The van der Waals surface area contributed by atoms with Crippen molar-refractivity contribution in [3.05, 3.63) is 11.7 Å². The molecule has 0 bridgehead atoms. The molecule has 1 heterocycles. The fourth-order valence-corrected chi connectivity index (χ4v) is 2.57. The van der Waals surface area contributed by atoms with E-state index in [1.807, 2.05) is 0 Å². The fourth-order valence-electron chi connectivity index (χ4n) is 2.57. The van der Waals surface area contributed by atoms with Crippen LogP contribution in [0.15, 0.2) is 4.52 Å². The lowest BCUT2D eigenvalue weighted by molar-refractivity contribution is -0.122. The molecular weight excluding hydrogens is 244 g/mol. The van der Waals surface area contributed by atoms with Gasteiger partial charge in [-0.3, -0.25) is 4.79 Å². The number of hydrogen-bond acceptors (Lipinski definition) is 5. The third-order valence-electron chi connectivity index (χ3n) is 3.59. The van der Waals surface area contributed by atoms with Crippen molar-refractivity contribution in [3.63, 3.8) is 0 Å². The van der Waals surface area contributed by atoms with Gasteiger partial charge in [0.2, 0.25) is 11.8 Å². The van der Waals surface area contributed by atoms with Crippen LogP contribution in [0.3, 0.4) is 0 Å². The topological polar surface area (TPSA) is 94.0 Å². The molecule has 1 aliphatic carbocycles. The minimum atomic E-state index is -0.302. The molecule has 2 rings (SSSR count). The number of carbonyl (C=O) groups excluding carboxylic acids is 1. The van der Waals surface area contributed by atoms with Crippen molar-refractivity contribution in [3.8, 4) is 0 Å². The quantitative estimate of drug-likeness (QED) is 0.832. The first-order valence-corrected chi connectivity index (χ1v) is 6.92. The van der Waals surface area contributed by atoms with Crippen LogP contribution in [0.25, 0.3) is 0 Å². The van der Waals surface area contributed by atoms with Gasteiger partial charge in [-0.25, -0.2) is 0 Å². The maximum absolute atomic E-state index is 11.9. The van der Waals surface area contributed by atoms with Gasteiger partial charge in [-0.1, -0.05) is 24.4 Å². The van der Waals surface area contributed by atoms with E-state index >= 15 is 0 Å². The molecule has 0 aromatic carbocycles. The predicted molar refractivity (Wildman–Crippen MR) is 70.4 cm³/mol. The van der Waals surface area contributed by atoms with Crippen LogP contribution in [0, 0.1) is 6.92 Å². The first-order valence-electron chi connectivity index (χ1n) is 6.92. The highest BCUT2D eigenvalue weighted by atomic mass is 16.5. The fraction of sp³-hybridized carbons (Fsp3) is 0.769. The van der Waals surface area contributed by atoms with Crippen LogP contribution in [-0.4, -0.2) is 28.1 Å². The summed E-state index contributed by atoms with van der Waals surface area (Å²) in [4.78, 5) is 15.9. The first-order chi connectivity index (χ1) is 9.07. The van der Waals surface area contributed by atoms with Crippen LogP contribution in [0.4, 0.5) is 0 Å². The van der Waals surface area contributed by atoms with Crippen LogP contribution >= 0.6 is 0 Å². The van der Waals surface area contributed by atoms with Crippen LogP contribution in [0.5, 0.6) is 0 Å². The highest BCUT2D eigenvalue weighted by Crippen LogP contribution is 2.28. The molecule has 106 valence electrons. The van der Waals surface area contributed by atoms with E-state index < -0.39 is 0 Å². The Hall–Kier alpha value is -1.43. The van der Waals surface area contributed by atoms with E-state index in [9.17, 15) is 4.79 Å². The number of nitrogens with two attached hydrogens (primary N) is 1. The number of aromatic nitrogens is 2. The van der Waals surface area contributed by atoms with Crippen molar-refractivity contribution in [1.82, 2.24) is 15.5 Å². The highest BCUT2D eigenvalue weighted by Gasteiger charge is 2.29. The second-order valence-electron chi connectivity index (χ2n) is 5.44. The van der Waals surface area contributed by atoms with Gasteiger partial charge in [0, 0.05) is 24.9 Å². The van der Waals surface area contributed by atoms with Crippen molar-refractivity contribution in [2.45, 2.75) is 57.4 Å². The van der Waals surface area contributed by atoms with Crippen molar-refractivity contribution in [2.75, 3.05) is 6.54 Å². The Bertz CT molecular complexity index is 424. The van der Waals surface area contributed by atoms with Crippen molar-refractivity contribution in [1.29, 1.82) is 0 Å². The summed E-state index contributed by atoms with van der Waals surface area (Å²) in [6, 6.07) is 0. The third-order valence-corrected chi connectivity index (χ3v) is 3.59. The van der Waals surface area contributed by atoms with Crippen LogP contribution in [-0.2, 0) is 11.2 Å². The summed E-state index contributed by atoms with van der Waals surface area (Å²) >= 11 is 0. The number of hydrogen-bond donors (Lipinski definition) is 2. The average Bonchev–Trinajstić information content (AvgIpc) is 2.75. The van der Waals surface area contributed by atoms with Crippen LogP contribution in [0.2, 0.25) is 0 Å². The van der Waals surface area contributed by atoms with E-state index in [2.05, 4.69) is 15.5 Å². The van der Waals surface area contributed by atoms with E-state index in [1.165, 1.54) is 6.42 Å². The molecule has 0 saturated heterocycles. The van der Waals surface area contributed by atoms with Gasteiger partial charge in [0.15, 0.2) is 5.82 Å². The van der Waals surface area contributed by atoms with E-state index in [0.29, 0.717) is 31.1 Å². The predicted octanol–water partition coefficient (Wildman–Crippen LogP) is 1.09. The van der Waals surface area contributed by atoms with Gasteiger partial charge < -0.3 is 15.6 Å². The van der Waals surface area contributed by atoms with Crippen LogP contribution in [0.1, 0.15) is 50.2 Å². The van der Waals surface area contributed by atoms with E-state index in [-0.39, 0.29) is 11.4 Å². The van der Waals surface area contributed by atoms with Gasteiger partial charge in [-0.15, -0.1) is 0 Å². The highest BCUT2D eigenvalue weighted by molar-refractivity contribution is 5.77. The Morgan fingerprint density at radius 1 is 1.42 bits per heavy atom. The maximum Gasteiger partial charge on any atom is 0.228 e. The summed E-state index contributed by atoms with van der Waals surface area (Å²) in [5.41, 5.74) is 5.94. The second-order valence-corrected chi connectivity index (χ2v) is 5.44. The first kappa shape index (κ1) is 14.0. The number of nitrogens with one attached hydrogen (secondary N) is 1. The molecule has 0 aliphatic heterocycles. The zero-order valence-electron chi connectivity index (χ0n) is 11.4. The molecule has 1 aromatic rings. The number of rotatable bonds is 5. The largest absolute Gasteiger partial charge is 0.356 e. The molecule has 19 heavy (non-hydrogen) atoms. The van der Waals surface area contributed by atoms with Crippen molar-refractivity contribution in [2.24, 2.45) is 5.73 Å². The minimum absolute atomic E-state index is 0.0145. The summed E-state index contributed by atoms with van der Waals surface area (Å²) in [7, 11) is 0. The lowest BCUT2D eigenvalue weighted by Crippen LogP contribution is -2.46. The summed E-state index contributed by atoms with van der Waals surface area (Å²) in [6.45, 7) is 2.28. The van der Waals surface area contributed by atoms with E-state index in [0.717, 1.165) is 25.7 Å². The SMILES string of the molecule is Cc1noc(CCNC(=O)CC2(N)CCCCC2)n1. The average molecular weight is 266 g/mol. The Morgan fingerprint density at radius 2 is 2.16 bits per heavy atom. The second kappa shape index (κ2) is 6.14. The molecule has 1 saturated carbocycles. The van der Waals surface area contributed by atoms with Crippen molar-refractivity contribution >= 4 is 5.91 Å². The molecular formula is C13H22N4O2. The van der Waals surface area contributed by atoms with Gasteiger partial charge in [0.1, 0.15) is 0 Å². The van der Waals surface area contributed by atoms with Gasteiger partial charge in [-0.2, -0.15) is 4.98 Å². The van der Waals surface area contributed by atoms with Gasteiger partial charge in [0.05, 0.1) is 0 Å². The molecule has 1 aliphatic rings. The summed E-state index contributed by atoms with van der Waals surface area (Å²) < 4.78 is 4.98. The molecule has 6 heteroatoms. The lowest BCUT2D eigenvalue weighted by Gasteiger charge is -2.32. The maximum atomic E-state index is 11.9. The molecule has 0 spiro atoms.